The van der Waals surface area contributed by atoms with Crippen molar-refractivity contribution in [3.63, 3.8) is 0 Å². The van der Waals surface area contributed by atoms with Gasteiger partial charge in [-0.05, 0) is 24.6 Å². The third-order valence-electron chi connectivity index (χ3n) is 3.05. The maximum absolute atomic E-state index is 12.0. The molecule has 0 spiro atoms. The molecule has 2 N–H and O–H groups in total. The Balaban J connectivity index is 1.87. The highest BCUT2D eigenvalue weighted by atomic mass is 16.5. The number of aryl methyl sites for hydroxylation is 1. The van der Waals surface area contributed by atoms with Gasteiger partial charge < -0.3 is 15.4 Å². The SMILES string of the molecule is COCCNc1ccc(C(=O)NCc2cccc(C)c2)nn1. The number of carbonyl (C=O) groups excluding carboxylic acids is 1. The van der Waals surface area contributed by atoms with Crippen LogP contribution in [-0.2, 0) is 11.3 Å². The van der Waals surface area contributed by atoms with E-state index in [2.05, 4.69) is 20.8 Å². The third kappa shape index (κ3) is 4.82. The van der Waals surface area contributed by atoms with E-state index >= 15 is 0 Å². The molecule has 0 aliphatic heterocycles. The summed E-state index contributed by atoms with van der Waals surface area (Å²) in [4.78, 5) is 12.0. The van der Waals surface area contributed by atoms with Crippen LogP contribution < -0.4 is 10.6 Å². The number of ether oxygens (including phenoxy) is 1. The van der Waals surface area contributed by atoms with Crippen molar-refractivity contribution in [3.05, 3.63) is 53.2 Å². The largest absolute Gasteiger partial charge is 0.383 e. The van der Waals surface area contributed by atoms with Crippen molar-refractivity contribution in [1.29, 1.82) is 0 Å². The molecule has 0 unspecified atom stereocenters. The highest BCUT2D eigenvalue weighted by molar-refractivity contribution is 5.92. The highest BCUT2D eigenvalue weighted by Crippen LogP contribution is 2.05. The van der Waals surface area contributed by atoms with E-state index in [1.165, 1.54) is 0 Å². The average Bonchev–Trinajstić information content (AvgIpc) is 2.54. The Bertz CT molecular complexity index is 614. The van der Waals surface area contributed by atoms with E-state index < -0.39 is 0 Å². The van der Waals surface area contributed by atoms with E-state index in [4.69, 9.17) is 4.74 Å². The predicted octanol–water partition coefficient (Wildman–Crippen LogP) is 1.77. The second kappa shape index (κ2) is 8.09. The Morgan fingerprint density at radius 3 is 2.77 bits per heavy atom. The lowest BCUT2D eigenvalue weighted by molar-refractivity contribution is 0.0945. The van der Waals surface area contributed by atoms with Crippen molar-refractivity contribution < 1.29 is 9.53 Å². The molecule has 6 nitrogen and oxygen atoms in total. The molecule has 22 heavy (non-hydrogen) atoms. The van der Waals surface area contributed by atoms with Gasteiger partial charge in [-0.25, -0.2) is 0 Å². The average molecular weight is 300 g/mol. The first-order valence-electron chi connectivity index (χ1n) is 7.09. The van der Waals surface area contributed by atoms with Crippen LogP contribution in [0.4, 0.5) is 5.82 Å². The molecular weight excluding hydrogens is 280 g/mol. The van der Waals surface area contributed by atoms with Gasteiger partial charge in [-0.2, -0.15) is 0 Å². The number of rotatable bonds is 7. The van der Waals surface area contributed by atoms with Crippen LogP contribution in [0.1, 0.15) is 21.6 Å². The van der Waals surface area contributed by atoms with E-state index in [1.807, 2.05) is 31.2 Å². The van der Waals surface area contributed by atoms with Crippen LogP contribution in [0, 0.1) is 6.92 Å². The topological polar surface area (TPSA) is 76.1 Å². The molecule has 0 fully saturated rings. The first kappa shape index (κ1) is 15.9. The second-order valence-corrected chi connectivity index (χ2v) is 4.90. The molecule has 1 aromatic heterocycles. The minimum Gasteiger partial charge on any atom is -0.383 e. The predicted molar refractivity (Wildman–Crippen MR) is 84.7 cm³/mol. The summed E-state index contributed by atoms with van der Waals surface area (Å²) in [5.41, 5.74) is 2.52. The summed E-state index contributed by atoms with van der Waals surface area (Å²) in [5.74, 6) is 0.379. The zero-order chi connectivity index (χ0) is 15.8. The number of aromatic nitrogens is 2. The van der Waals surface area contributed by atoms with E-state index in [9.17, 15) is 4.79 Å². The summed E-state index contributed by atoms with van der Waals surface area (Å²) >= 11 is 0. The van der Waals surface area contributed by atoms with Gasteiger partial charge in [-0.15, -0.1) is 10.2 Å². The fraction of sp³-hybridized carbons (Fsp3) is 0.312. The summed E-state index contributed by atoms with van der Waals surface area (Å²) in [6.07, 6.45) is 0. The summed E-state index contributed by atoms with van der Waals surface area (Å²) in [5, 5.41) is 13.8. The molecule has 0 atom stereocenters. The summed E-state index contributed by atoms with van der Waals surface area (Å²) in [6.45, 7) is 3.71. The quantitative estimate of drug-likeness (QED) is 0.762. The fourth-order valence-electron chi connectivity index (χ4n) is 1.92. The number of nitrogens with zero attached hydrogens (tertiary/aromatic N) is 2. The van der Waals surface area contributed by atoms with Crippen LogP contribution in [0.3, 0.4) is 0 Å². The highest BCUT2D eigenvalue weighted by Gasteiger charge is 2.07. The second-order valence-electron chi connectivity index (χ2n) is 4.90. The van der Waals surface area contributed by atoms with E-state index in [-0.39, 0.29) is 5.91 Å². The zero-order valence-electron chi connectivity index (χ0n) is 12.8. The van der Waals surface area contributed by atoms with E-state index in [0.717, 1.165) is 11.1 Å². The first-order chi connectivity index (χ1) is 10.7. The Labute approximate surface area is 129 Å². The normalized spacial score (nSPS) is 10.3. The minimum atomic E-state index is -0.238. The van der Waals surface area contributed by atoms with Crippen LogP contribution in [0.5, 0.6) is 0 Å². The van der Waals surface area contributed by atoms with Crippen LogP contribution in [0.2, 0.25) is 0 Å². The molecule has 116 valence electrons. The third-order valence-corrected chi connectivity index (χ3v) is 3.05. The van der Waals surface area contributed by atoms with Gasteiger partial charge in [0.15, 0.2) is 5.69 Å². The molecule has 0 radical (unpaired) electrons. The standard InChI is InChI=1S/C16H20N4O2/c1-12-4-3-5-13(10-12)11-18-16(21)14-6-7-15(20-19-14)17-8-9-22-2/h3-7,10H,8-9,11H2,1-2H3,(H,17,20)(H,18,21). The zero-order valence-corrected chi connectivity index (χ0v) is 12.8. The van der Waals surface area contributed by atoms with E-state index in [1.54, 1.807) is 19.2 Å². The van der Waals surface area contributed by atoms with Gasteiger partial charge in [0, 0.05) is 20.2 Å². The van der Waals surface area contributed by atoms with Crippen molar-refractivity contribution in [3.8, 4) is 0 Å². The number of amides is 1. The van der Waals surface area contributed by atoms with Gasteiger partial charge in [0.2, 0.25) is 0 Å². The Morgan fingerprint density at radius 1 is 1.23 bits per heavy atom. The lowest BCUT2D eigenvalue weighted by Crippen LogP contribution is -2.24. The molecule has 0 aliphatic rings. The maximum atomic E-state index is 12.0. The molecule has 1 amide bonds. The van der Waals surface area contributed by atoms with Crippen molar-refractivity contribution >= 4 is 11.7 Å². The number of hydrogen-bond acceptors (Lipinski definition) is 5. The maximum Gasteiger partial charge on any atom is 0.272 e. The van der Waals surface area contributed by atoms with Crippen molar-refractivity contribution in [2.75, 3.05) is 25.6 Å². The van der Waals surface area contributed by atoms with Crippen molar-refractivity contribution in [1.82, 2.24) is 15.5 Å². The summed E-state index contributed by atoms with van der Waals surface area (Å²) in [6, 6.07) is 11.4. The molecular formula is C16H20N4O2. The number of carbonyl (C=O) groups is 1. The monoisotopic (exact) mass is 300 g/mol. The van der Waals surface area contributed by atoms with Gasteiger partial charge in [0.1, 0.15) is 5.82 Å². The first-order valence-corrected chi connectivity index (χ1v) is 7.09. The number of hydrogen-bond donors (Lipinski definition) is 2. The molecule has 2 aromatic rings. The molecule has 2 rings (SSSR count). The Hall–Kier alpha value is -2.47. The lowest BCUT2D eigenvalue weighted by Gasteiger charge is -2.07. The summed E-state index contributed by atoms with van der Waals surface area (Å²) in [7, 11) is 1.63. The number of anilines is 1. The van der Waals surface area contributed by atoms with Gasteiger partial charge in [-0.1, -0.05) is 29.8 Å². The molecule has 0 bridgehead atoms. The molecule has 0 aliphatic carbocycles. The number of methoxy groups -OCH3 is 1. The molecule has 1 heterocycles. The smallest absolute Gasteiger partial charge is 0.272 e. The van der Waals surface area contributed by atoms with E-state index in [0.29, 0.717) is 31.2 Å². The minimum absolute atomic E-state index is 0.238. The molecule has 0 saturated heterocycles. The molecule has 0 saturated carbocycles. The number of nitrogens with one attached hydrogen (secondary N) is 2. The van der Waals surface area contributed by atoms with Crippen LogP contribution in [-0.4, -0.2) is 36.4 Å². The van der Waals surface area contributed by atoms with Gasteiger partial charge >= 0.3 is 0 Å². The van der Waals surface area contributed by atoms with Gasteiger partial charge in [-0.3, -0.25) is 4.79 Å². The van der Waals surface area contributed by atoms with Gasteiger partial charge in [0.25, 0.3) is 5.91 Å². The Kier molecular flexibility index (Phi) is 5.85. The molecule has 6 heteroatoms. The van der Waals surface area contributed by atoms with Crippen LogP contribution in [0.15, 0.2) is 36.4 Å². The van der Waals surface area contributed by atoms with Gasteiger partial charge in [0.05, 0.1) is 6.61 Å². The Morgan fingerprint density at radius 2 is 2.09 bits per heavy atom. The lowest BCUT2D eigenvalue weighted by atomic mass is 10.1. The fourth-order valence-corrected chi connectivity index (χ4v) is 1.92. The number of benzene rings is 1. The van der Waals surface area contributed by atoms with Crippen LogP contribution in [0.25, 0.3) is 0 Å². The van der Waals surface area contributed by atoms with Crippen molar-refractivity contribution in [2.45, 2.75) is 13.5 Å². The van der Waals surface area contributed by atoms with Crippen LogP contribution >= 0.6 is 0 Å². The molecule has 1 aromatic carbocycles. The van der Waals surface area contributed by atoms with Crippen molar-refractivity contribution in [2.24, 2.45) is 0 Å². The summed E-state index contributed by atoms with van der Waals surface area (Å²) < 4.78 is 4.93.